The van der Waals surface area contributed by atoms with E-state index in [0.29, 0.717) is 25.4 Å². The van der Waals surface area contributed by atoms with Gasteiger partial charge in [0, 0.05) is 25.4 Å². The van der Waals surface area contributed by atoms with E-state index >= 15 is 0 Å². The predicted molar refractivity (Wildman–Crippen MR) is 64.1 cm³/mol. The molecule has 0 aromatic carbocycles. The second-order valence-corrected chi connectivity index (χ2v) is 6.39. The Morgan fingerprint density at radius 2 is 1.31 bits per heavy atom. The van der Waals surface area contributed by atoms with Gasteiger partial charge in [0.1, 0.15) is 0 Å². The summed E-state index contributed by atoms with van der Waals surface area (Å²) in [6.45, 7) is 12.1. The number of isocyanates is 1. The van der Waals surface area contributed by atoms with Crippen LogP contribution in [0.15, 0.2) is 0 Å². The van der Waals surface area contributed by atoms with Crippen molar-refractivity contribution >= 4 is 14.9 Å². The smallest absolute Gasteiger partial charge is 0.374 e. The fraction of sp³-hybridized carbons (Fsp3) is 0.900. The van der Waals surface area contributed by atoms with Gasteiger partial charge in [0.05, 0.1) is 0 Å². The van der Waals surface area contributed by atoms with Gasteiger partial charge in [-0.1, -0.05) is 13.8 Å². The fourth-order valence-corrected chi connectivity index (χ4v) is 3.69. The number of hydrogen-bond donors (Lipinski definition) is 1. The number of nitrogens with one attached hydrogen (secondary N) is 1. The first-order valence-corrected chi connectivity index (χ1v) is 7.30. The first kappa shape index (κ1) is 17.9. The van der Waals surface area contributed by atoms with E-state index < -0.39 is 8.80 Å². The zero-order chi connectivity index (χ0) is 13.0. The Hall–Kier alpha value is -0.523. The third kappa shape index (κ3) is 6.87. The fourth-order valence-electron chi connectivity index (χ4n) is 1.23. The summed E-state index contributed by atoms with van der Waals surface area (Å²) in [6.07, 6.45) is 0.750. The van der Waals surface area contributed by atoms with Crippen molar-refractivity contribution in [3.05, 3.63) is 0 Å². The van der Waals surface area contributed by atoms with Crippen LogP contribution in [0.5, 0.6) is 0 Å². The van der Waals surface area contributed by atoms with Crippen molar-refractivity contribution in [2.24, 2.45) is 0 Å². The molecule has 0 rings (SSSR count). The highest BCUT2D eigenvalue weighted by molar-refractivity contribution is 6.62. The van der Waals surface area contributed by atoms with Crippen molar-refractivity contribution in [2.75, 3.05) is 19.8 Å². The molecule has 0 saturated heterocycles. The minimum Gasteiger partial charge on any atom is -0.374 e. The SMILES string of the molecule is CCO[Si](OCC)(OCC)C(C)C.N=C=O. The highest BCUT2D eigenvalue weighted by Crippen LogP contribution is 2.24. The summed E-state index contributed by atoms with van der Waals surface area (Å²) in [5.41, 5.74) is 0.326. The van der Waals surface area contributed by atoms with Crippen molar-refractivity contribution in [3.8, 4) is 0 Å². The van der Waals surface area contributed by atoms with E-state index in [2.05, 4.69) is 13.8 Å². The molecule has 0 aromatic heterocycles. The molecule has 0 aromatic rings. The molecule has 0 aliphatic rings. The van der Waals surface area contributed by atoms with Crippen molar-refractivity contribution < 1.29 is 18.1 Å². The van der Waals surface area contributed by atoms with E-state index in [9.17, 15) is 0 Å². The highest BCUT2D eigenvalue weighted by Gasteiger charge is 2.44. The lowest BCUT2D eigenvalue weighted by Crippen LogP contribution is -2.48. The molecule has 6 heteroatoms. The van der Waals surface area contributed by atoms with E-state index in [1.54, 1.807) is 0 Å². The lowest BCUT2D eigenvalue weighted by molar-refractivity contribution is 0.0641. The van der Waals surface area contributed by atoms with Gasteiger partial charge in [0.2, 0.25) is 6.08 Å². The molecule has 5 nitrogen and oxygen atoms in total. The Morgan fingerprint density at radius 1 is 1.06 bits per heavy atom. The summed E-state index contributed by atoms with van der Waals surface area (Å²) in [5.74, 6) is 0. The molecular formula is C10H23NO4Si. The first-order chi connectivity index (χ1) is 7.54. The van der Waals surface area contributed by atoms with Crippen molar-refractivity contribution in [1.82, 2.24) is 0 Å². The number of carbonyl (C=O) groups excluding carboxylic acids is 1. The molecule has 0 aliphatic heterocycles. The molecule has 0 radical (unpaired) electrons. The maximum absolute atomic E-state index is 8.35. The maximum atomic E-state index is 8.35. The predicted octanol–water partition coefficient (Wildman–Crippen LogP) is 2.35. The molecule has 0 bridgehead atoms. The molecule has 0 spiro atoms. The first-order valence-electron chi connectivity index (χ1n) is 5.50. The lowest BCUT2D eigenvalue weighted by Gasteiger charge is -2.31. The summed E-state index contributed by atoms with van der Waals surface area (Å²) in [4.78, 5) is 8.35. The minimum atomic E-state index is -2.37. The van der Waals surface area contributed by atoms with Gasteiger partial charge in [0.15, 0.2) is 0 Å². The van der Waals surface area contributed by atoms with Crippen molar-refractivity contribution in [1.29, 1.82) is 5.41 Å². The van der Waals surface area contributed by atoms with Gasteiger partial charge < -0.3 is 13.3 Å². The molecular weight excluding hydrogens is 226 g/mol. The topological polar surface area (TPSA) is 68.6 Å². The standard InChI is InChI=1S/C9H22O3Si.CHNO/c1-6-10-13(9(4)5,11-7-2)12-8-3;2-1-3/h9H,6-8H2,1-5H3;2H. The van der Waals surface area contributed by atoms with E-state index in [-0.39, 0.29) is 0 Å². The second-order valence-electron chi connectivity index (χ2n) is 3.16. The molecule has 0 fully saturated rings. The second kappa shape index (κ2) is 11.0. The highest BCUT2D eigenvalue weighted by atomic mass is 28.4. The Balaban J connectivity index is 0. The average molecular weight is 249 g/mol. The van der Waals surface area contributed by atoms with E-state index in [4.69, 9.17) is 23.5 Å². The van der Waals surface area contributed by atoms with E-state index in [1.807, 2.05) is 20.8 Å². The van der Waals surface area contributed by atoms with Crippen LogP contribution in [0.1, 0.15) is 34.6 Å². The molecule has 0 saturated carbocycles. The van der Waals surface area contributed by atoms with Crippen LogP contribution in [0.4, 0.5) is 0 Å². The van der Waals surface area contributed by atoms with Crippen molar-refractivity contribution in [2.45, 2.75) is 40.2 Å². The zero-order valence-electron chi connectivity index (χ0n) is 10.8. The molecule has 0 atom stereocenters. The summed E-state index contributed by atoms with van der Waals surface area (Å²) in [7, 11) is -2.37. The summed E-state index contributed by atoms with van der Waals surface area (Å²) in [5, 5.41) is 5.40. The number of rotatable bonds is 7. The third-order valence-electron chi connectivity index (χ3n) is 1.74. The molecule has 16 heavy (non-hydrogen) atoms. The van der Waals surface area contributed by atoms with Gasteiger partial charge in [-0.25, -0.2) is 10.2 Å². The zero-order valence-corrected chi connectivity index (χ0v) is 11.8. The molecule has 0 amide bonds. The normalized spacial score (nSPS) is 10.6. The van der Waals surface area contributed by atoms with Gasteiger partial charge in [0.25, 0.3) is 0 Å². The Labute approximate surface area is 99.0 Å². The molecule has 96 valence electrons. The minimum absolute atomic E-state index is 0.326. The summed E-state index contributed by atoms with van der Waals surface area (Å²) in [6, 6.07) is 0. The quantitative estimate of drug-likeness (QED) is 0.427. The van der Waals surface area contributed by atoms with Crippen molar-refractivity contribution in [3.63, 3.8) is 0 Å². The Morgan fingerprint density at radius 3 is 1.44 bits per heavy atom. The van der Waals surface area contributed by atoms with E-state index in [0.717, 1.165) is 6.08 Å². The van der Waals surface area contributed by atoms with Crippen LogP contribution in [0, 0.1) is 5.41 Å². The van der Waals surface area contributed by atoms with E-state index in [1.165, 1.54) is 0 Å². The molecule has 0 aliphatic carbocycles. The van der Waals surface area contributed by atoms with Crippen LogP contribution in [0.2, 0.25) is 5.54 Å². The van der Waals surface area contributed by atoms with Gasteiger partial charge >= 0.3 is 8.80 Å². The van der Waals surface area contributed by atoms with Crippen LogP contribution >= 0.6 is 0 Å². The molecule has 0 heterocycles. The molecule has 1 N–H and O–H groups in total. The largest absolute Gasteiger partial charge is 0.503 e. The summed E-state index contributed by atoms with van der Waals surface area (Å²) >= 11 is 0. The lowest BCUT2D eigenvalue weighted by atomic mass is 10.6. The summed E-state index contributed by atoms with van der Waals surface area (Å²) < 4.78 is 17.0. The van der Waals surface area contributed by atoms with Crippen LogP contribution in [0.3, 0.4) is 0 Å². The molecule has 0 unspecified atom stereocenters. The Kier molecular flexibility index (Phi) is 12.3. The number of hydrogen-bond acceptors (Lipinski definition) is 5. The average Bonchev–Trinajstić information content (AvgIpc) is 2.19. The van der Waals surface area contributed by atoms with Gasteiger partial charge in [-0.15, -0.1) is 0 Å². The van der Waals surface area contributed by atoms with Crippen LogP contribution in [-0.4, -0.2) is 34.7 Å². The van der Waals surface area contributed by atoms with Gasteiger partial charge in [-0.2, -0.15) is 0 Å². The third-order valence-corrected chi connectivity index (χ3v) is 5.23. The van der Waals surface area contributed by atoms with Crippen LogP contribution < -0.4 is 0 Å². The van der Waals surface area contributed by atoms with Gasteiger partial charge in [-0.3, -0.25) is 0 Å². The van der Waals surface area contributed by atoms with Crippen LogP contribution in [0.25, 0.3) is 0 Å². The monoisotopic (exact) mass is 249 g/mol. The maximum Gasteiger partial charge on any atom is 0.503 e. The van der Waals surface area contributed by atoms with Crippen LogP contribution in [-0.2, 0) is 18.1 Å². The van der Waals surface area contributed by atoms with Gasteiger partial charge in [-0.05, 0) is 20.8 Å². The Bertz CT molecular complexity index is 176.